The monoisotopic (exact) mass is 357 g/mol. The van der Waals surface area contributed by atoms with E-state index in [2.05, 4.69) is 41.4 Å². The number of thiazole rings is 1. The number of likely N-dealkylation sites (tertiary alicyclic amines) is 1. The fourth-order valence-corrected chi connectivity index (χ4v) is 4.80. The molecule has 1 atom stereocenters. The van der Waals surface area contributed by atoms with Crippen LogP contribution in [-0.4, -0.2) is 42.2 Å². The van der Waals surface area contributed by atoms with Gasteiger partial charge in [0.2, 0.25) is 0 Å². The number of nitrogens with one attached hydrogen (secondary N) is 1. The summed E-state index contributed by atoms with van der Waals surface area (Å²) in [4.78, 5) is 8.70. The van der Waals surface area contributed by atoms with Crippen molar-refractivity contribution in [2.24, 2.45) is 0 Å². The highest BCUT2D eigenvalue weighted by Gasteiger charge is 2.19. The van der Waals surface area contributed by atoms with E-state index < -0.39 is 0 Å². The van der Waals surface area contributed by atoms with Gasteiger partial charge in [-0.25, -0.2) is 4.98 Å². The van der Waals surface area contributed by atoms with Crippen LogP contribution in [0.4, 0.5) is 5.82 Å². The van der Waals surface area contributed by atoms with Gasteiger partial charge in [0.25, 0.3) is 0 Å². The van der Waals surface area contributed by atoms with Crippen molar-refractivity contribution in [1.29, 1.82) is 0 Å². The van der Waals surface area contributed by atoms with Crippen molar-refractivity contribution in [3.05, 3.63) is 29.1 Å². The quantitative estimate of drug-likeness (QED) is 0.777. The van der Waals surface area contributed by atoms with E-state index in [1.807, 2.05) is 11.3 Å². The summed E-state index contributed by atoms with van der Waals surface area (Å²) in [6.45, 7) is 6.56. The lowest BCUT2D eigenvalue weighted by atomic mass is 10.2. The van der Waals surface area contributed by atoms with Crippen LogP contribution in [0.15, 0.2) is 24.3 Å². The van der Waals surface area contributed by atoms with E-state index in [0.717, 1.165) is 55.2 Å². The maximum Gasteiger partial charge on any atom is 0.140 e. The maximum absolute atomic E-state index is 5.92. The van der Waals surface area contributed by atoms with E-state index in [4.69, 9.17) is 9.72 Å². The summed E-state index contributed by atoms with van der Waals surface area (Å²) in [5.74, 6) is 2.04. The smallest absolute Gasteiger partial charge is 0.140 e. The number of aryl methyl sites for hydroxylation is 1. The fraction of sp³-hybridized carbons (Fsp3) is 0.550. The minimum atomic E-state index is 0.748. The lowest BCUT2D eigenvalue weighted by Crippen LogP contribution is -2.28. The average molecular weight is 358 g/mol. The van der Waals surface area contributed by atoms with Gasteiger partial charge in [-0.3, -0.25) is 0 Å². The SMILES string of the molecule is CC1CCCN1CCCOc1ccc(-c2nc3c(s2)CCCN3)cc1. The first-order valence-electron chi connectivity index (χ1n) is 9.50. The van der Waals surface area contributed by atoms with Gasteiger partial charge in [0.1, 0.15) is 16.6 Å². The van der Waals surface area contributed by atoms with Crippen LogP contribution in [-0.2, 0) is 6.42 Å². The van der Waals surface area contributed by atoms with Crippen molar-refractivity contribution < 1.29 is 4.74 Å². The van der Waals surface area contributed by atoms with Gasteiger partial charge in [-0.15, -0.1) is 11.3 Å². The molecule has 1 aromatic carbocycles. The Hall–Kier alpha value is -1.59. The second-order valence-corrected chi connectivity index (χ2v) is 8.16. The van der Waals surface area contributed by atoms with Crippen LogP contribution < -0.4 is 10.1 Å². The molecule has 1 N–H and O–H groups in total. The molecular weight excluding hydrogens is 330 g/mol. The standard InChI is InChI=1S/C20H27N3OS/c1-15-5-3-12-23(15)13-4-14-24-17-9-7-16(8-10-17)20-22-19-18(25-20)6-2-11-21-19/h7-10,15,21H,2-6,11-14H2,1H3. The van der Waals surface area contributed by atoms with E-state index in [1.165, 1.54) is 36.2 Å². The van der Waals surface area contributed by atoms with E-state index >= 15 is 0 Å². The van der Waals surface area contributed by atoms with Crippen molar-refractivity contribution in [1.82, 2.24) is 9.88 Å². The minimum absolute atomic E-state index is 0.748. The predicted octanol–water partition coefficient (Wildman–Crippen LogP) is 4.42. The van der Waals surface area contributed by atoms with Crippen molar-refractivity contribution in [2.45, 2.75) is 45.1 Å². The van der Waals surface area contributed by atoms with Crippen molar-refractivity contribution >= 4 is 17.2 Å². The predicted molar refractivity (Wildman–Crippen MR) is 105 cm³/mol. The third-order valence-electron chi connectivity index (χ3n) is 5.22. The summed E-state index contributed by atoms with van der Waals surface area (Å²) in [5.41, 5.74) is 1.18. The van der Waals surface area contributed by atoms with E-state index in [1.54, 1.807) is 0 Å². The number of ether oxygens (including phenoxy) is 1. The Morgan fingerprint density at radius 1 is 1.28 bits per heavy atom. The lowest BCUT2D eigenvalue weighted by Gasteiger charge is -2.20. The number of anilines is 1. The molecule has 1 saturated heterocycles. The molecule has 0 radical (unpaired) electrons. The molecular formula is C20H27N3OS. The van der Waals surface area contributed by atoms with Gasteiger partial charge in [0, 0.05) is 29.6 Å². The van der Waals surface area contributed by atoms with Gasteiger partial charge in [-0.2, -0.15) is 0 Å². The molecule has 1 aromatic heterocycles. The Kier molecular flexibility index (Phi) is 5.22. The molecule has 2 aliphatic rings. The molecule has 5 heteroatoms. The van der Waals surface area contributed by atoms with Gasteiger partial charge in [0.15, 0.2) is 0 Å². The first kappa shape index (κ1) is 16.9. The number of benzene rings is 1. The van der Waals surface area contributed by atoms with Gasteiger partial charge >= 0.3 is 0 Å². The Bertz CT molecular complexity index is 674. The normalized spacial score (nSPS) is 20.3. The molecule has 2 aliphatic heterocycles. The number of hydrogen-bond acceptors (Lipinski definition) is 5. The third-order valence-corrected chi connectivity index (χ3v) is 6.38. The zero-order valence-corrected chi connectivity index (χ0v) is 15.8. The molecule has 4 nitrogen and oxygen atoms in total. The van der Waals surface area contributed by atoms with Gasteiger partial charge in [-0.05, 0) is 69.8 Å². The molecule has 25 heavy (non-hydrogen) atoms. The first-order valence-corrected chi connectivity index (χ1v) is 10.3. The van der Waals surface area contributed by atoms with Crippen LogP contribution in [0.1, 0.15) is 37.5 Å². The zero-order valence-electron chi connectivity index (χ0n) is 15.0. The van der Waals surface area contributed by atoms with E-state index in [9.17, 15) is 0 Å². The Labute approximate surface area is 154 Å². The summed E-state index contributed by atoms with van der Waals surface area (Å²) >= 11 is 1.81. The second-order valence-electron chi connectivity index (χ2n) is 7.07. The average Bonchev–Trinajstić information content (AvgIpc) is 3.25. The van der Waals surface area contributed by atoms with Crippen molar-refractivity contribution in [3.8, 4) is 16.3 Å². The molecule has 0 amide bonds. The number of fused-ring (bicyclic) bond motifs is 1. The van der Waals surface area contributed by atoms with Crippen LogP contribution in [0, 0.1) is 0 Å². The number of aromatic nitrogens is 1. The highest BCUT2D eigenvalue weighted by molar-refractivity contribution is 7.15. The Morgan fingerprint density at radius 2 is 2.16 bits per heavy atom. The molecule has 1 fully saturated rings. The lowest BCUT2D eigenvalue weighted by molar-refractivity contribution is 0.230. The van der Waals surface area contributed by atoms with Gasteiger partial charge < -0.3 is 15.0 Å². The Morgan fingerprint density at radius 3 is 2.92 bits per heavy atom. The highest BCUT2D eigenvalue weighted by atomic mass is 32.1. The number of hydrogen-bond donors (Lipinski definition) is 1. The third kappa shape index (κ3) is 3.98. The van der Waals surface area contributed by atoms with Crippen LogP contribution in [0.3, 0.4) is 0 Å². The van der Waals surface area contributed by atoms with Crippen molar-refractivity contribution in [3.63, 3.8) is 0 Å². The number of nitrogens with zero attached hydrogens (tertiary/aromatic N) is 2. The van der Waals surface area contributed by atoms with Crippen LogP contribution in [0.2, 0.25) is 0 Å². The molecule has 0 bridgehead atoms. The molecule has 4 rings (SSSR count). The summed E-state index contributed by atoms with van der Waals surface area (Å²) in [6, 6.07) is 9.14. The first-order chi connectivity index (χ1) is 12.3. The summed E-state index contributed by atoms with van der Waals surface area (Å²) in [5, 5.41) is 4.50. The largest absolute Gasteiger partial charge is 0.494 e. The van der Waals surface area contributed by atoms with E-state index in [0.29, 0.717) is 0 Å². The van der Waals surface area contributed by atoms with Crippen molar-refractivity contribution in [2.75, 3.05) is 31.6 Å². The summed E-state index contributed by atoms with van der Waals surface area (Å²) < 4.78 is 5.92. The van der Waals surface area contributed by atoms with Gasteiger partial charge in [0.05, 0.1) is 6.61 Å². The summed E-state index contributed by atoms with van der Waals surface area (Å²) in [7, 11) is 0. The molecule has 2 aromatic rings. The highest BCUT2D eigenvalue weighted by Crippen LogP contribution is 2.34. The second kappa shape index (κ2) is 7.75. The molecule has 134 valence electrons. The van der Waals surface area contributed by atoms with Crippen LogP contribution in [0.5, 0.6) is 5.75 Å². The van der Waals surface area contributed by atoms with Crippen LogP contribution in [0.25, 0.3) is 10.6 Å². The van der Waals surface area contributed by atoms with Crippen LogP contribution >= 0.6 is 11.3 Å². The molecule has 0 saturated carbocycles. The topological polar surface area (TPSA) is 37.4 Å². The van der Waals surface area contributed by atoms with E-state index in [-0.39, 0.29) is 0 Å². The van der Waals surface area contributed by atoms with Gasteiger partial charge in [-0.1, -0.05) is 0 Å². The molecule has 0 aliphatic carbocycles. The minimum Gasteiger partial charge on any atom is -0.494 e. The summed E-state index contributed by atoms with van der Waals surface area (Å²) in [6.07, 6.45) is 6.14. The zero-order chi connectivity index (χ0) is 17.1. The molecule has 1 unspecified atom stereocenters. The number of rotatable bonds is 6. The Balaban J connectivity index is 1.29. The maximum atomic E-state index is 5.92. The molecule has 3 heterocycles. The fourth-order valence-electron chi connectivity index (χ4n) is 3.71. The molecule has 0 spiro atoms.